The summed E-state index contributed by atoms with van der Waals surface area (Å²) in [5, 5.41) is 48.7. The van der Waals surface area contributed by atoms with Gasteiger partial charge in [0.15, 0.2) is 0 Å². The second kappa shape index (κ2) is 40.2. The van der Waals surface area contributed by atoms with Crippen LogP contribution < -0.4 is 10.6 Å². The van der Waals surface area contributed by atoms with Crippen LogP contribution in [0.15, 0.2) is 0 Å². The Morgan fingerprint density at radius 2 is 0.689 bits per heavy atom. The molecular formula is C51H102N4O6. The van der Waals surface area contributed by atoms with E-state index < -0.39 is 36.5 Å². The third kappa shape index (κ3) is 33.8. The number of carbonyl (C=O) groups is 2. The molecule has 0 unspecified atom stereocenters. The van der Waals surface area contributed by atoms with Crippen molar-refractivity contribution in [2.75, 3.05) is 39.3 Å². The van der Waals surface area contributed by atoms with E-state index in [1.54, 1.807) is 6.92 Å². The fraction of sp³-hybridized carbons (Fsp3) is 0.961. The molecule has 0 aromatic carbocycles. The zero-order valence-electron chi connectivity index (χ0n) is 40.5. The molecule has 1 heterocycles. The Morgan fingerprint density at radius 3 is 0.984 bits per heavy atom. The van der Waals surface area contributed by atoms with Gasteiger partial charge >= 0.3 is 0 Å². The standard InChI is InChI=1S/C51H102N4O6/c1-5-8-11-14-17-20-23-26-33-45(57)41-54(40-44(4)56)38-31-29-36-48-50(60)53-49(51(61)52-48)37-30-32-39-55(42-46(58)34-27-24-21-18-15-12-9-6-2)43-47(59)35-28-25-22-19-16-13-10-7-3/h44-49,56-59H,5-43H2,1-4H3,(H,52,61)(H,53,60)/t44-,45+,46-,47+,48-,49-/m0/s1. The third-order valence-electron chi connectivity index (χ3n) is 12.8. The summed E-state index contributed by atoms with van der Waals surface area (Å²) in [7, 11) is 0. The minimum Gasteiger partial charge on any atom is -0.392 e. The first kappa shape index (κ1) is 57.7. The van der Waals surface area contributed by atoms with Gasteiger partial charge in [0, 0.05) is 26.2 Å². The number of aliphatic hydroxyl groups is 4. The van der Waals surface area contributed by atoms with E-state index in [4.69, 9.17) is 0 Å². The predicted molar refractivity (Wildman–Crippen MR) is 256 cm³/mol. The van der Waals surface area contributed by atoms with Gasteiger partial charge in [-0.1, -0.05) is 175 Å². The van der Waals surface area contributed by atoms with Gasteiger partial charge in [-0.05, 0) is 77.8 Å². The molecule has 1 fully saturated rings. The highest BCUT2D eigenvalue weighted by atomic mass is 16.3. The van der Waals surface area contributed by atoms with E-state index in [9.17, 15) is 30.0 Å². The maximum absolute atomic E-state index is 13.1. The van der Waals surface area contributed by atoms with Gasteiger partial charge in [-0.25, -0.2) is 0 Å². The Morgan fingerprint density at radius 1 is 0.410 bits per heavy atom. The topological polar surface area (TPSA) is 146 Å². The lowest BCUT2D eigenvalue weighted by Crippen LogP contribution is -2.61. The average Bonchev–Trinajstić information content (AvgIpc) is 3.22. The molecule has 0 bridgehead atoms. The van der Waals surface area contributed by atoms with E-state index in [2.05, 4.69) is 41.2 Å². The van der Waals surface area contributed by atoms with E-state index >= 15 is 0 Å². The molecule has 2 amide bonds. The van der Waals surface area contributed by atoms with Gasteiger partial charge < -0.3 is 31.1 Å². The maximum atomic E-state index is 13.1. The number of hydrogen-bond acceptors (Lipinski definition) is 8. The lowest BCUT2D eigenvalue weighted by molar-refractivity contribution is -0.137. The highest BCUT2D eigenvalue weighted by molar-refractivity contribution is 5.96. The molecule has 10 nitrogen and oxygen atoms in total. The Hall–Kier alpha value is -1.30. The van der Waals surface area contributed by atoms with Crippen molar-refractivity contribution in [1.82, 2.24) is 20.4 Å². The van der Waals surface area contributed by atoms with Crippen molar-refractivity contribution >= 4 is 11.8 Å². The van der Waals surface area contributed by atoms with E-state index in [1.807, 2.05) is 0 Å². The number of rotatable bonds is 45. The molecule has 0 saturated carbocycles. The monoisotopic (exact) mass is 867 g/mol. The summed E-state index contributed by atoms with van der Waals surface area (Å²) in [6.07, 6.45) is 34.7. The molecule has 10 heteroatoms. The lowest BCUT2D eigenvalue weighted by atomic mass is 10.0. The molecule has 61 heavy (non-hydrogen) atoms. The smallest absolute Gasteiger partial charge is 0.243 e. The summed E-state index contributed by atoms with van der Waals surface area (Å²) in [6.45, 7) is 12.2. The molecule has 362 valence electrons. The normalized spacial score (nSPS) is 17.8. The quantitative estimate of drug-likeness (QED) is 0.0332. The fourth-order valence-electron chi connectivity index (χ4n) is 9.05. The number of amides is 2. The Labute approximate surface area is 376 Å². The molecule has 0 radical (unpaired) electrons. The van der Waals surface area contributed by atoms with E-state index in [1.165, 1.54) is 116 Å². The summed E-state index contributed by atoms with van der Waals surface area (Å²) >= 11 is 0. The van der Waals surface area contributed by atoms with Crippen molar-refractivity contribution in [1.29, 1.82) is 0 Å². The maximum Gasteiger partial charge on any atom is 0.243 e. The van der Waals surface area contributed by atoms with Gasteiger partial charge in [0.2, 0.25) is 11.8 Å². The molecule has 0 aromatic heterocycles. The number of piperazine rings is 1. The lowest BCUT2D eigenvalue weighted by Gasteiger charge is -2.31. The van der Waals surface area contributed by atoms with Gasteiger partial charge in [0.25, 0.3) is 0 Å². The molecule has 1 aliphatic heterocycles. The zero-order chi connectivity index (χ0) is 44.8. The van der Waals surface area contributed by atoms with Gasteiger partial charge in [0.05, 0.1) is 24.4 Å². The van der Waals surface area contributed by atoms with Crippen molar-refractivity contribution in [3.63, 3.8) is 0 Å². The van der Waals surface area contributed by atoms with E-state index in [0.717, 1.165) is 96.6 Å². The largest absolute Gasteiger partial charge is 0.392 e. The van der Waals surface area contributed by atoms with Gasteiger partial charge in [0.1, 0.15) is 12.1 Å². The van der Waals surface area contributed by atoms with Crippen molar-refractivity contribution in [3.8, 4) is 0 Å². The van der Waals surface area contributed by atoms with Crippen molar-refractivity contribution in [2.45, 2.75) is 276 Å². The second-order valence-electron chi connectivity index (χ2n) is 19.2. The third-order valence-corrected chi connectivity index (χ3v) is 12.8. The van der Waals surface area contributed by atoms with Crippen LogP contribution in [-0.4, -0.2) is 118 Å². The minimum atomic E-state index is -0.540. The summed E-state index contributed by atoms with van der Waals surface area (Å²) in [5.41, 5.74) is 0. The summed E-state index contributed by atoms with van der Waals surface area (Å²) in [5.74, 6) is -0.246. The van der Waals surface area contributed by atoms with Gasteiger partial charge in [-0.2, -0.15) is 0 Å². The first-order chi connectivity index (χ1) is 29.6. The minimum absolute atomic E-state index is 0.122. The highest BCUT2D eigenvalue weighted by Gasteiger charge is 2.33. The van der Waals surface area contributed by atoms with E-state index in [0.29, 0.717) is 39.0 Å². The number of unbranched alkanes of at least 4 members (excludes halogenated alkanes) is 23. The predicted octanol–water partition coefficient (Wildman–Crippen LogP) is 9.97. The molecule has 0 aromatic rings. The van der Waals surface area contributed by atoms with Crippen LogP contribution in [0.2, 0.25) is 0 Å². The van der Waals surface area contributed by atoms with E-state index in [-0.39, 0.29) is 11.8 Å². The number of carbonyl (C=O) groups excluding carboxylic acids is 2. The van der Waals surface area contributed by atoms with Crippen molar-refractivity contribution < 1.29 is 30.0 Å². The van der Waals surface area contributed by atoms with Crippen LogP contribution >= 0.6 is 0 Å². The molecule has 0 aliphatic carbocycles. The van der Waals surface area contributed by atoms with Gasteiger partial charge in [-0.3, -0.25) is 19.4 Å². The first-order valence-electron chi connectivity index (χ1n) is 26.4. The van der Waals surface area contributed by atoms with Crippen LogP contribution in [-0.2, 0) is 9.59 Å². The number of nitrogens with zero attached hydrogens (tertiary/aromatic N) is 2. The Kier molecular flexibility index (Phi) is 38.1. The molecule has 1 saturated heterocycles. The summed E-state index contributed by atoms with van der Waals surface area (Å²) in [4.78, 5) is 30.5. The van der Waals surface area contributed by atoms with Crippen LogP contribution in [0.5, 0.6) is 0 Å². The number of aliphatic hydroxyl groups excluding tert-OH is 4. The van der Waals surface area contributed by atoms with Crippen LogP contribution in [0.3, 0.4) is 0 Å². The van der Waals surface area contributed by atoms with Crippen LogP contribution in [0.4, 0.5) is 0 Å². The molecule has 6 atom stereocenters. The molecular weight excluding hydrogens is 765 g/mol. The molecule has 0 spiro atoms. The SMILES string of the molecule is CCCCCCCCCC[C@@H](O)CN(CCCC[C@@H]1NC(=O)[C@H](CCCCN(C[C@H](O)CCCCCCCCCC)C[C@H](C)O)NC1=O)C[C@@H](O)CCCCCCCCCC. The summed E-state index contributed by atoms with van der Waals surface area (Å²) < 4.78 is 0. The Balaban J connectivity index is 2.47. The fourth-order valence-corrected chi connectivity index (χ4v) is 9.05. The van der Waals surface area contributed by atoms with Crippen LogP contribution in [0, 0.1) is 0 Å². The zero-order valence-corrected chi connectivity index (χ0v) is 40.5. The van der Waals surface area contributed by atoms with Crippen LogP contribution in [0.25, 0.3) is 0 Å². The Bertz CT molecular complexity index is 976. The number of nitrogens with one attached hydrogen (secondary N) is 2. The first-order valence-corrected chi connectivity index (χ1v) is 26.4. The molecule has 6 N–H and O–H groups in total. The number of hydrogen-bond donors (Lipinski definition) is 6. The summed E-state index contributed by atoms with van der Waals surface area (Å²) in [6, 6.07) is -1.08. The highest BCUT2D eigenvalue weighted by Crippen LogP contribution is 2.17. The van der Waals surface area contributed by atoms with Crippen molar-refractivity contribution in [3.05, 3.63) is 0 Å². The van der Waals surface area contributed by atoms with Crippen molar-refractivity contribution in [2.24, 2.45) is 0 Å². The van der Waals surface area contributed by atoms with Crippen LogP contribution in [0.1, 0.15) is 240 Å². The van der Waals surface area contributed by atoms with Gasteiger partial charge in [-0.15, -0.1) is 0 Å². The molecule has 1 aliphatic rings. The second-order valence-corrected chi connectivity index (χ2v) is 19.2. The average molecular weight is 867 g/mol. The molecule has 1 rings (SSSR count).